The van der Waals surface area contributed by atoms with Crippen LogP contribution in [0.2, 0.25) is 0 Å². The summed E-state index contributed by atoms with van der Waals surface area (Å²) in [5.41, 5.74) is 2.26. The van der Waals surface area contributed by atoms with E-state index >= 15 is 0 Å². The number of hydrogen-bond acceptors (Lipinski definition) is 5. The summed E-state index contributed by atoms with van der Waals surface area (Å²) < 4.78 is 37.2. The van der Waals surface area contributed by atoms with Gasteiger partial charge < -0.3 is 14.6 Å². The summed E-state index contributed by atoms with van der Waals surface area (Å²) in [5, 5.41) is 2.82. The number of anilines is 1. The third kappa shape index (κ3) is 5.08. The Balaban J connectivity index is 1.62. The van der Waals surface area contributed by atoms with Gasteiger partial charge in [-0.1, -0.05) is 20.8 Å². The SMILES string of the molecule is CC(=O)NC1CCN(S(=O)(=O)N(C)c2ccc3c(c2)nc(C(C)(C)C)n3CC2CCOCC2)C1. The second-order valence-corrected chi connectivity index (χ2v) is 12.5. The molecule has 1 amide bonds. The fourth-order valence-electron chi connectivity index (χ4n) is 4.91. The van der Waals surface area contributed by atoms with Crippen LogP contribution in [0.5, 0.6) is 0 Å². The normalized spacial score (nSPS) is 20.7. The van der Waals surface area contributed by atoms with Gasteiger partial charge in [0.2, 0.25) is 5.91 Å². The number of nitrogens with zero attached hydrogens (tertiary/aromatic N) is 4. The van der Waals surface area contributed by atoms with E-state index in [1.165, 1.54) is 15.5 Å². The highest BCUT2D eigenvalue weighted by molar-refractivity contribution is 7.90. The molecule has 188 valence electrons. The van der Waals surface area contributed by atoms with Crippen molar-refractivity contribution in [1.82, 2.24) is 19.2 Å². The number of carbonyl (C=O) groups excluding carboxylic acids is 1. The molecule has 10 heteroatoms. The van der Waals surface area contributed by atoms with Crippen LogP contribution in [-0.2, 0) is 31.7 Å². The zero-order valence-corrected chi connectivity index (χ0v) is 21.7. The van der Waals surface area contributed by atoms with E-state index in [0.717, 1.165) is 49.5 Å². The van der Waals surface area contributed by atoms with Gasteiger partial charge in [-0.2, -0.15) is 12.7 Å². The molecule has 3 heterocycles. The molecule has 1 aromatic carbocycles. The smallest absolute Gasteiger partial charge is 0.303 e. The van der Waals surface area contributed by atoms with E-state index in [0.29, 0.717) is 24.6 Å². The van der Waals surface area contributed by atoms with E-state index in [1.807, 2.05) is 18.2 Å². The Morgan fingerprint density at radius 1 is 1.24 bits per heavy atom. The second kappa shape index (κ2) is 9.47. The first-order chi connectivity index (χ1) is 16.0. The van der Waals surface area contributed by atoms with Crippen LogP contribution in [-0.4, -0.2) is 67.6 Å². The monoisotopic (exact) mass is 491 g/mol. The van der Waals surface area contributed by atoms with Gasteiger partial charge in [-0.3, -0.25) is 9.10 Å². The topological polar surface area (TPSA) is 96.8 Å². The van der Waals surface area contributed by atoms with Crippen molar-refractivity contribution in [2.75, 3.05) is 37.7 Å². The number of rotatable bonds is 6. The second-order valence-electron chi connectivity index (χ2n) is 10.5. The summed E-state index contributed by atoms with van der Waals surface area (Å²) in [5.74, 6) is 1.41. The molecular formula is C24H37N5O4S. The summed E-state index contributed by atoms with van der Waals surface area (Å²) in [7, 11) is -2.14. The van der Waals surface area contributed by atoms with Crippen molar-refractivity contribution < 1.29 is 17.9 Å². The largest absolute Gasteiger partial charge is 0.381 e. The van der Waals surface area contributed by atoms with Crippen molar-refractivity contribution in [3.8, 4) is 0 Å². The summed E-state index contributed by atoms with van der Waals surface area (Å²) in [4.78, 5) is 16.3. The molecule has 2 saturated heterocycles. The molecule has 2 aromatic rings. The summed E-state index contributed by atoms with van der Waals surface area (Å²) in [6.07, 6.45) is 2.69. The Morgan fingerprint density at radius 2 is 1.94 bits per heavy atom. The maximum atomic E-state index is 13.3. The first kappa shape index (κ1) is 24.9. The molecule has 1 N–H and O–H groups in total. The number of imidazole rings is 1. The van der Waals surface area contributed by atoms with Crippen molar-refractivity contribution in [1.29, 1.82) is 0 Å². The Labute approximate surface area is 202 Å². The molecule has 0 saturated carbocycles. The average Bonchev–Trinajstić information content (AvgIpc) is 3.38. The van der Waals surface area contributed by atoms with Gasteiger partial charge in [0.1, 0.15) is 5.82 Å². The lowest BCUT2D eigenvalue weighted by atomic mass is 9.94. The van der Waals surface area contributed by atoms with Gasteiger partial charge in [-0.15, -0.1) is 0 Å². The van der Waals surface area contributed by atoms with E-state index in [4.69, 9.17) is 9.72 Å². The molecule has 0 aliphatic carbocycles. The molecule has 1 aromatic heterocycles. The van der Waals surface area contributed by atoms with Crippen LogP contribution >= 0.6 is 0 Å². The number of amides is 1. The lowest BCUT2D eigenvalue weighted by molar-refractivity contribution is -0.119. The fourth-order valence-corrected chi connectivity index (χ4v) is 6.34. The Hall–Kier alpha value is -2.17. The molecular weight excluding hydrogens is 454 g/mol. The minimum Gasteiger partial charge on any atom is -0.381 e. The zero-order valence-electron chi connectivity index (χ0n) is 20.9. The maximum Gasteiger partial charge on any atom is 0.303 e. The molecule has 0 radical (unpaired) electrons. The number of nitrogens with one attached hydrogen (secondary N) is 1. The highest BCUT2D eigenvalue weighted by atomic mass is 32.2. The highest BCUT2D eigenvalue weighted by Crippen LogP contribution is 2.32. The average molecular weight is 492 g/mol. The van der Waals surface area contributed by atoms with E-state index in [1.54, 1.807) is 7.05 Å². The molecule has 2 fully saturated rings. The van der Waals surface area contributed by atoms with E-state index in [2.05, 4.69) is 30.7 Å². The Morgan fingerprint density at radius 3 is 2.59 bits per heavy atom. The van der Waals surface area contributed by atoms with Crippen LogP contribution in [0.1, 0.15) is 52.8 Å². The molecule has 34 heavy (non-hydrogen) atoms. The fraction of sp³-hybridized carbons (Fsp3) is 0.667. The van der Waals surface area contributed by atoms with Crippen molar-refractivity contribution in [3.05, 3.63) is 24.0 Å². The van der Waals surface area contributed by atoms with Crippen molar-refractivity contribution in [2.24, 2.45) is 5.92 Å². The molecule has 4 rings (SSSR count). The summed E-state index contributed by atoms with van der Waals surface area (Å²) in [6.45, 7) is 11.1. The molecule has 0 spiro atoms. The lowest BCUT2D eigenvalue weighted by Gasteiger charge is -2.27. The zero-order chi connectivity index (χ0) is 24.7. The van der Waals surface area contributed by atoms with Gasteiger partial charge in [0.05, 0.1) is 16.7 Å². The molecule has 1 unspecified atom stereocenters. The number of benzene rings is 1. The van der Waals surface area contributed by atoms with Gasteiger partial charge in [0.25, 0.3) is 0 Å². The molecule has 1 atom stereocenters. The third-order valence-corrected chi connectivity index (χ3v) is 8.67. The van der Waals surface area contributed by atoms with Crippen LogP contribution in [0, 0.1) is 5.92 Å². The van der Waals surface area contributed by atoms with Crippen LogP contribution in [0.15, 0.2) is 18.2 Å². The quantitative estimate of drug-likeness (QED) is 0.670. The minimum atomic E-state index is -3.72. The van der Waals surface area contributed by atoms with Gasteiger partial charge in [-0.05, 0) is 43.4 Å². The van der Waals surface area contributed by atoms with E-state index in [-0.39, 0.29) is 23.9 Å². The molecule has 2 aliphatic rings. The van der Waals surface area contributed by atoms with Gasteiger partial charge in [0, 0.05) is 58.3 Å². The third-order valence-electron chi connectivity index (χ3n) is 6.78. The first-order valence-corrected chi connectivity index (χ1v) is 13.5. The molecule has 9 nitrogen and oxygen atoms in total. The van der Waals surface area contributed by atoms with Crippen LogP contribution < -0.4 is 9.62 Å². The number of aromatic nitrogens is 2. The van der Waals surface area contributed by atoms with Crippen LogP contribution in [0.3, 0.4) is 0 Å². The number of fused-ring (bicyclic) bond motifs is 1. The van der Waals surface area contributed by atoms with Crippen molar-refractivity contribution in [3.63, 3.8) is 0 Å². The van der Waals surface area contributed by atoms with Gasteiger partial charge >= 0.3 is 10.2 Å². The lowest BCUT2D eigenvalue weighted by Crippen LogP contribution is -2.43. The van der Waals surface area contributed by atoms with E-state index in [9.17, 15) is 13.2 Å². The van der Waals surface area contributed by atoms with Crippen LogP contribution in [0.4, 0.5) is 5.69 Å². The van der Waals surface area contributed by atoms with Crippen LogP contribution in [0.25, 0.3) is 11.0 Å². The summed E-state index contributed by atoms with van der Waals surface area (Å²) >= 11 is 0. The number of carbonyl (C=O) groups is 1. The van der Waals surface area contributed by atoms with E-state index < -0.39 is 10.2 Å². The van der Waals surface area contributed by atoms with Gasteiger partial charge in [0.15, 0.2) is 0 Å². The standard InChI is InChI=1S/C24H37N5O4S/c1-17(30)25-19-8-11-28(16-19)34(31,32)27(5)20-6-7-22-21(14-20)26-23(24(2,3)4)29(22)15-18-9-12-33-13-10-18/h6-7,14,18-19H,8-13,15-16H2,1-5H3,(H,25,30). The van der Waals surface area contributed by atoms with Crippen molar-refractivity contribution in [2.45, 2.75) is 65.0 Å². The van der Waals surface area contributed by atoms with Gasteiger partial charge in [-0.25, -0.2) is 4.98 Å². The predicted octanol–water partition coefficient (Wildman–Crippen LogP) is 2.65. The Kier molecular flexibility index (Phi) is 6.94. The minimum absolute atomic E-state index is 0.142. The molecule has 0 bridgehead atoms. The summed E-state index contributed by atoms with van der Waals surface area (Å²) in [6, 6.07) is 5.56. The number of hydrogen-bond donors (Lipinski definition) is 1. The Bertz CT molecular complexity index is 1150. The predicted molar refractivity (Wildman–Crippen MR) is 133 cm³/mol. The highest BCUT2D eigenvalue weighted by Gasteiger charge is 2.35. The van der Waals surface area contributed by atoms with Crippen molar-refractivity contribution >= 4 is 32.8 Å². The number of ether oxygens (including phenoxy) is 1. The first-order valence-electron chi connectivity index (χ1n) is 12.1. The molecule has 2 aliphatic heterocycles. The maximum absolute atomic E-state index is 13.3.